The minimum absolute atomic E-state index is 0.351. The molecule has 5 nitrogen and oxygen atoms in total. The van der Waals surface area contributed by atoms with Crippen LogP contribution in [0.1, 0.15) is 38.8 Å². The normalized spacial score (nSPS) is 11.1. The number of rotatable bonds is 6. The monoisotopic (exact) mass is 356 g/mol. The van der Waals surface area contributed by atoms with E-state index in [1.807, 2.05) is 70.2 Å². The van der Waals surface area contributed by atoms with Gasteiger partial charge in [0.1, 0.15) is 18.0 Å². The number of nitrogen functional groups attached to an aromatic ring is 1. The molecule has 0 fully saturated rings. The molecule has 0 bridgehead atoms. The lowest BCUT2D eigenvalue weighted by Crippen LogP contribution is -2.36. The van der Waals surface area contributed by atoms with E-state index in [4.69, 9.17) is 15.2 Å². The van der Waals surface area contributed by atoms with E-state index >= 15 is 0 Å². The first kappa shape index (κ1) is 19.6. The van der Waals surface area contributed by atoms with Gasteiger partial charge in [-0.05, 0) is 51.5 Å². The summed E-state index contributed by atoms with van der Waals surface area (Å²) in [7, 11) is 0. The molecule has 0 spiro atoms. The van der Waals surface area contributed by atoms with Crippen molar-refractivity contribution in [3.63, 3.8) is 0 Å². The van der Waals surface area contributed by atoms with Crippen molar-refractivity contribution in [2.24, 2.45) is 0 Å². The molecule has 0 radical (unpaired) electrons. The molecule has 2 aromatic rings. The van der Waals surface area contributed by atoms with Crippen LogP contribution < -0.4 is 10.5 Å². The third-order valence-electron chi connectivity index (χ3n) is 3.72. The highest BCUT2D eigenvalue weighted by Gasteiger charge is 2.22. The second-order valence-corrected chi connectivity index (χ2v) is 7.14. The largest absolute Gasteiger partial charge is 0.489 e. The Hall–Kier alpha value is -2.69. The van der Waals surface area contributed by atoms with Gasteiger partial charge in [-0.15, -0.1) is 0 Å². The molecule has 0 aliphatic carbocycles. The summed E-state index contributed by atoms with van der Waals surface area (Å²) in [5.74, 6) is 0.713. The van der Waals surface area contributed by atoms with Crippen LogP contribution in [0.25, 0.3) is 0 Å². The molecule has 0 aliphatic rings. The predicted octanol–water partition coefficient (Wildman–Crippen LogP) is 4.60. The number of ether oxygens (including phenoxy) is 2. The number of nitrogens with two attached hydrogens (primary N) is 1. The Bertz CT molecular complexity index is 724. The minimum Gasteiger partial charge on any atom is -0.489 e. The van der Waals surface area contributed by atoms with Crippen molar-refractivity contribution in [1.29, 1.82) is 0 Å². The summed E-state index contributed by atoms with van der Waals surface area (Å²) < 4.78 is 11.4. The molecule has 1 amide bonds. The molecule has 2 N–H and O–H groups in total. The van der Waals surface area contributed by atoms with Gasteiger partial charge in [0.25, 0.3) is 0 Å². The summed E-state index contributed by atoms with van der Waals surface area (Å²) in [6.07, 6.45) is -0.351. The summed E-state index contributed by atoms with van der Waals surface area (Å²) in [5, 5.41) is 0. The number of carbonyl (C=O) groups excluding carboxylic acids is 1. The number of anilines is 1. The Kier molecular flexibility index (Phi) is 6.50. The van der Waals surface area contributed by atoms with Gasteiger partial charge in [0, 0.05) is 17.8 Å². The average Bonchev–Trinajstić information content (AvgIpc) is 2.58. The van der Waals surface area contributed by atoms with Gasteiger partial charge in [-0.25, -0.2) is 4.79 Å². The number of nitrogens with zero attached hydrogens (tertiary/aromatic N) is 1. The summed E-state index contributed by atoms with van der Waals surface area (Å²) >= 11 is 0. The van der Waals surface area contributed by atoms with Gasteiger partial charge >= 0.3 is 6.09 Å². The Morgan fingerprint density at radius 3 is 2.42 bits per heavy atom. The van der Waals surface area contributed by atoms with Crippen LogP contribution in [0.5, 0.6) is 5.75 Å². The molecule has 2 rings (SSSR count). The van der Waals surface area contributed by atoms with Crippen molar-refractivity contribution in [2.45, 2.75) is 46.4 Å². The number of hydrogen-bond acceptors (Lipinski definition) is 4. The molecular formula is C21H28N2O3. The maximum absolute atomic E-state index is 12.4. The predicted molar refractivity (Wildman–Crippen MR) is 104 cm³/mol. The van der Waals surface area contributed by atoms with Crippen molar-refractivity contribution in [3.05, 3.63) is 59.7 Å². The van der Waals surface area contributed by atoms with Gasteiger partial charge in [0.2, 0.25) is 0 Å². The van der Waals surface area contributed by atoms with Crippen LogP contribution in [0.2, 0.25) is 0 Å². The molecule has 0 saturated heterocycles. The lowest BCUT2D eigenvalue weighted by atomic mass is 10.1. The van der Waals surface area contributed by atoms with Gasteiger partial charge < -0.3 is 20.1 Å². The zero-order valence-corrected chi connectivity index (χ0v) is 16.0. The standard InChI is InChI=1S/C21H28N2O3/c1-5-23(20(24)26-21(2,3)4)14-17-13-18(22)11-12-19(17)25-15-16-9-7-6-8-10-16/h6-13H,5,14-15,22H2,1-4H3. The van der Waals surface area contributed by atoms with E-state index < -0.39 is 5.60 Å². The van der Waals surface area contributed by atoms with E-state index in [0.717, 1.165) is 11.1 Å². The maximum Gasteiger partial charge on any atom is 0.410 e. The number of carbonyl (C=O) groups is 1. The molecule has 140 valence electrons. The minimum atomic E-state index is -0.535. The first-order chi connectivity index (χ1) is 12.3. The maximum atomic E-state index is 12.4. The molecule has 0 saturated carbocycles. The molecule has 0 heterocycles. The quantitative estimate of drug-likeness (QED) is 0.768. The second-order valence-electron chi connectivity index (χ2n) is 7.14. The van der Waals surface area contributed by atoms with Gasteiger partial charge in [-0.1, -0.05) is 30.3 Å². The Morgan fingerprint density at radius 1 is 1.12 bits per heavy atom. The first-order valence-corrected chi connectivity index (χ1v) is 8.81. The summed E-state index contributed by atoms with van der Waals surface area (Å²) in [5.41, 5.74) is 7.97. The second kappa shape index (κ2) is 8.61. The molecule has 26 heavy (non-hydrogen) atoms. The van der Waals surface area contributed by atoms with Gasteiger partial charge in [0.05, 0.1) is 6.54 Å². The van der Waals surface area contributed by atoms with E-state index in [9.17, 15) is 4.79 Å². The summed E-state index contributed by atoms with van der Waals surface area (Å²) in [6.45, 7) is 8.84. The van der Waals surface area contributed by atoms with Crippen molar-refractivity contribution in [3.8, 4) is 5.75 Å². The SMILES string of the molecule is CCN(Cc1cc(N)ccc1OCc1ccccc1)C(=O)OC(C)(C)C. The highest BCUT2D eigenvalue weighted by atomic mass is 16.6. The molecule has 0 unspecified atom stereocenters. The van der Waals surface area contributed by atoms with Crippen LogP contribution in [-0.4, -0.2) is 23.1 Å². The van der Waals surface area contributed by atoms with Crippen molar-refractivity contribution >= 4 is 11.8 Å². The summed E-state index contributed by atoms with van der Waals surface area (Å²) in [4.78, 5) is 14.0. The molecule has 2 aromatic carbocycles. The Balaban J connectivity index is 2.13. The van der Waals surface area contributed by atoms with Crippen LogP contribution in [0, 0.1) is 0 Å². The zero-order chi connectivity index (χ0) is 19.2. The molecule has 0 atom stereocenters. The van der Waals surface area contributed by atoms with Crippen molar-refractivity contribution in [1.82, 2.24) is 4.90 Å². The fourth-order valence-electron chi connectivity index (χ4n) is 2.44. The third kappa shape index (κ3) is 5.99. The van der Waals surface area contributed by atoms with E-state index in [1.165, 1.54) is 0 Å². The Morgan fingerprint density at radius 2 is 1.81 bits per heavy atom. The third-order valence-corrected chi connectivity index (χ3v) is 3.72. The number of amides is 1. The van der Waals surface area contributed by atoms with Crippen LogP contribution in [-0.2, 0) is 17.9 Å². The lowest BCUT2D eigenvalue weighted by Gasteiger charge is -2.27. The van der Waals surface area contributed by atoms with E-state index in [0.29, 0.717) is 31.1 Å². The van der Waals surface area contributed by atoms with Crippen molar-refractivity contribution in [2.75, 3.05) is 12.3 Å². The van der Waals surface area contributed by atoms with E-state index in [-0.39, 0.29) is 6.09 Å². The lowest BCUT2D eigenvalue weighted by molar-refractivity contribution is 0.0243. The fourth-order valence-corrected chi connectivity index (χ4v) is 2.44. The fraction of sp³-hybridized carbons (Fsp3) is 0.381. The zero-order valence-electron chi connectivity index (χ0n) is 16.0. The first-order valence-electron chi connectivity index (χ1n) is 8.81. The van der Waals surface area contributed by atoms with Crippen LogP contribution >= 0.6 is 0 Å². The van der Waals surface area contributed by atoms with Gasteiger partial charge in [0.15, 0.2) is 0 Å². The summed E-state index contributed by atoms with van der Waals surface area (Å²) in [6, 6.07) is 15.4. The Labute approximate surface area is 155 Å². The topological polar surface area (TPSA) is 64.8 Å². The molecule has 5 heteroatoms. The van der Waals surface area contributed by atoms with Gasteiger partial charge in [-0.3, -0.25) is 0 Å². The average molecular weight is 356 g/mol. The van der Waals surface area contributed by atoms with E-state index in [1.54, 1.807) is 11.0 Å². The number of benzene rings is 2. The smallest absolute Gasteiger partial charge is 0.410 e. The van der Waals surface area contributed by atoms with Crippen LogP contribution in [0.15, 0.2) is 48.5 Å². The highest BCUT2D eigenvalue weighted by Crippen LogP contribution is 2.25. The molecule has 0 aromatic heterocycles. The molecule has 0 aliphatic heterocycles. The van der Waals surface area contributed by atoms with Crippen LogP contribution in [0.3, 0.4) is 0 Å². The van der Waals surface area contributed by atoms with Crippen molar-refractivity contribution < 1.29 is 14.3 Å². The van der Waals surface area contributed by atoms with E-state index in [2.05, 4.69) is 0 Å². The highest BCUT2D eigenvalue weighted by molar-refractivity contribution is 5.68. The van der Waals surface area contributed by atoms with Gasteiger partial charge in [-0.2, -0.15) is 0 Å². The number of hydrogen-bond donors (Lipinski definition) is 1. The molecular weight excluding hydrogens is 328 g/mol. The van der Waals surface area contributed by atoms with Crippen LogP contribution in [0.4, 0.5) is 10.5 Å².